The first-order valence-corrected chi connectivity index (χ1v) is 7.00. The lowest BCUT2D eigenvalue weighted by Crippen LogP contribution is -2.14. The third-order valence-corrected chi connectivity index (χ3v) is 5.00. The smallest absolute Gasteiger partial charge is 0.0701 e. The Hall–Kier alpha value is 0.470. The maximum atomic E-state index is 6.16. The second-order valence-electron chi connectivity index (χ2n) is 4.53. The fraction of sp³-hybridized carbons (Fsp3) is 0.636. The average molecular weight is 294 g/mol. The lowest BCUT2D eigenvalue weighted by Gasteiger charge is -2.22. The van der Waals surface area contributed by atoms with Gasteiger partial charge in [-0.1, -0.05) is 6.92 Å². The van der Waals surface area contributed by atoms with Crippen LogP contribution in [-0.4, -0.2) is 5.38 Å². The van der Waals surface area contributed by atoms with Gasteiger partial charge < -0.3 is 0 Å². The summed E-state index contributed by atoms with van der Waals surface area (Å²) >= 11 is 11.5. The van der Waals surface area contributed by atoms with Crippen LogP contribution in [0.1, 0.15) is 31.1 Å². The Kier molecular flexibility index (Phi) is 3.25. The second kappa shape index (κ2) is 4.15. The van der Waals surface area contributed by atoms with Crippen LogP contribution in [0.4, 0.5) is 0 Å². The van der Waals surface area contributed by atoms with Crippen LogP contribution in [-0.2, 0) is 6.42 Å². The molecular formula is C11H14BrClS. The standard InChI is InChI=1S/C11H14BrClS/c1-11(5-4-8(13)6-11)7-9-2-3-10(12)14-9/h2-3,8H,4-7H2,1H3. The lowest BCUT2D eigenvalue weighted by molar-refractivity contribution is 0.338. The minimum Gasteiger partial charge on any atom is -0.133 e. The number of alkyl halides is 1. The van der Waals surface area contributed by atoms with Crippen LogP contribution in [0.15, 0.2) is 15.9 Å². The van der Waals surface area contributed by atoms with Crippen molar-refractivity contribution in [2.45, 2.75) is 38.0 Å². The molecule has 1 aliphatic rings. The lowest BCUT2D eigenvalue weighted by atomic mass is 9.85. The van der Waals surface area contributed by atoms with Crippen LogP contribution in [0, 0.1) is 5.41 Å². The number of rotatable bonds is 2. The Morgan fingerprint density at radius 2 is 2.43 bits per heavy atom. The van der Waals surface area contributed by atoms with Crippen molar-refractivity contribution >= 4 is 38.9 Å². The quantitative estimate of drug-likeness (QED) is 0.684. The van der Waals surface area contributed by atoms with Crippen molar-refractivity contribution in [3.8, 4) is 0 Å². The molecule has 1 saturated carbocycles. The van der Waals surface area contributed by atoms with Crippen LogP contribution in [0.2, 0.25) is 0 Å². The van der Waals surface area contributed by atoms with Crippen molar-refractivity contribution in [1.29, 1.82) is 0 Å². The van der Waals surface area contributed by atoms with E-state index >= 15 is 0 Å². The molecule has 0 nitrogen and oxygen atoms in total. The Morgan fingerprint density at radius 3 is 2.93 bits per heavy atom. The number of halogens is 2. The van der Waals surface area contributed by atoms with Crippen LogP contribution < -0.4 is 0 Å². The normalized spacial score (nSPS) is 32.4. The highest BCUT2D eigenvalue weighted by Gasteiger charge is 2.34. The van der Waals surface area contributed by atoms with Crippen molar-refractivity contribution in [3.05, 3.63) is 20.8 Å². The van der Waals surface area contributed by atoms with Crippen molar-refractivity contribution in [1.82, 2.24) is 0 Å². The van der Waals surface area contributed by atoms with Gasteiger partial charge in [-0.2, -0.15) is 0 Å². The van der Waals surface area contributed by atoms with E-state index < -0.39 is 0 Å². The monoisotopic (exact) mass is 292 g/mol. The van der Waals surface area contributed by atoms with Gasteiger partial charge in [-0.05, 0) is 59.2 Å². The summed E-state index contributed by atoms with van der Waals surface area (Å²) in [7, 11) is 0. The van der Waals surface area contributed by atoms with Crippen molar-refractivity contribution < 1.29 is 0 Å². The molecule has 0 N–H and O–H groups in total. The first-order valence-electron chi connectivity index (χ1n) is 4.96. The van der Waals surface area contributed by atoms with Gasteiger partial charge in [0.05, 0.1) is 3.79 Å². The summed E-state index contributed by atoms with van der Waals surface area (Å²) in [5.74, 6) is 0. The number of hydrogen-bond acceptors (Lipinski definition) is 1. The van der Waals surface area contributed by atoms with Gasteiger partial charge in [0.2, 0.25) is 0 Å². The van der Waals surface area contributed by atoms with Gasteiger partial charge in [-0.25, -0.2) is 0 Å². The molecule has 1 aromatic rings. The van der Waals surface area contributed by atoms with E-state index in [2.05, 4.69) is 35.0 Å². The second-order valence-corrected chi connectivity index (χ2v) is 7.70. The number of hydrogen-bond donors (Lipinski definition) is 0. The fourth-order valence-electron chi connectivity index (χ4n) is 2.27. The molecule has 1 fully saturated rings. The molecule has 1 heterocycles. The first-order chi connectivity index (χ1) is 6.57. The summed E-state index contributed by atoms with van der Waals surface area (Å²) in [5, 5.41) is 0.406. The van der Waals surface area contributed by atoms with E-state index in [1.54, 1.807) is 0 Å². The first kappa shape index (κ1) is 11.0. The molecular weight excluding hydrogens is 280 g/mol. The summed E-state index contributed by atoms with van der Waals surface area (Å²) < 4.78 is 1.23. The molecule has 0 saturated heterocycles. The van der Waals surface area contributed by atoms with Crippen molar-refractivity contribution in [3.63, 3.8) is 0 Å². The van der Waals surface area contributed by atoms with Crippen molar-refractivity contribution in [2.24, 2.45) is 5.41 Å². The van der Waals surface area contributed by atoms with Gasteiger partial charge in [0.15, 0.2) is 0 Å². The summed E-state index contributed by atoms with van der Waals surface area (Å²) in [6, 6.07) is 4.36. The molecule has 0 spiro atoms. The predicted molar refractivity (Wildman–Crippen MR) is 67.3 cm³/mol. The van der Waals surface area contributed by atoms with Gasteiger partial charge >= 0.3 is 0 Å². The Balaban J connectivity index is 2.03. The zero-order chi connectivity index (χ0) is 10.2. The van der Waals surface area contributed by atoms with Crippen LogP contribution in [0.5, 0.6) is 0 Å². The van der Waals surface area contributed by atoms with E-state index in [1.165, 1.54) is 34.3 Å². The molecule has 14 heavy (non-hydrogen) atoms. The molecule has 78 valence electrons. The summed E-state index contributed by atoms with van der Waals surface area (Å²) in [6.45, 7) is 2.36. The molecule has 3 heteroatoms. The van der Waals surface area contributed by atoms with E-state index in [-0.39, 0.29) is 0 Å². The van der Waals surface area contributed by atoms with Gasteiger partial charge in [0.1, 0.15) is 0 Å². The molecule has 0 amide bonds. The van der Waals surface area contributed by atoms with Gasteiger partial charge in [0, 0.05) is 10.3 Å². The van der Waals surface area contributed by atoms with Gasteiger partial charge in [0.25, 0.3) is 0 Å². The molecule has 0 bridgehead atoms. The topological polar surface area (TPSA) is 0 Å². The molecule has 1 aromatic heterocycles. The average Bonchev–Trinajstić information content (AvgIpc) is 2.60. The molecule has 0 aromatic carbocycles. The minimum absolute atomic E-state index is 0.406. The van der Waals surface area contributed by atoms with E-state index in [0.29, 0.717) is 10.8 Å². The third kappa shape index (κ3) is 2.53. The summed E-state index contributed by atoms with van der Waals surface area (Å²) in [5.41, 5.74) is 0.441. The number of thiophene rings is 1. The zero-order valence-corrected chi connectivity index (χ0v) is 11.4. The third-order valence-electron chi connectivity index (χ3n) is 3.01. The van der Waals surface area contributed by atoms with Crippen molar-refractivity contribution in [2.75, 3.05) is 0 Å². The zero-order valence-electron chi connectivity index (χ0n) is 8.22. The Bertz CT molecular complexity index is 323. The highest BCUT2D eigenvalue weighted by molar-refractivity contribution is 9.11. The summed E-state index contributed by atoms with van der Waals surface area (Å²) in [6.07, 6.45) is 4.82. The highest BCUT2D eigenvalue weighted by atomic mass is 79.9. The van der Waals surface area contributed by atoms with E-state index in [0.717, 1.165) is 0 Å². The maximum absolute atomic E-state index is 6.16. The molecule has 2 rings (SSSR count). The Morgan fingerprint density at radius 1 is 1.64 bits per heavy atom. The Labute approximate surface area is 103 Å². The predicted octanol–water partition coefficient (Wildman–Crippen LogP) is 4.85. The largest absolute Gasteiger partial charge is 0.133 e. The molecule has 0 aliphatic heterocycles. The van der Waals surface area contributed by atoms with Gasteiger partial charge in [-0.15, -0.1) is 22.9 Å². The highest BCUT2D eigenvalue weighted by Crippen LogP contribution is 2.43. The molecule has 0 radical (unpaired) electrons. The van der Waals surface area contributed by atoms with Crippen LogP contribution in [0.3, 0.4) is 0 Å². The minimum atomic E-state index is 0.406. The fourth-order valence-corrected chi connectivity index (χ4v) is 4.45. The van der Waals surface area contributed by atoms with E-state index in [1.807, 2.05) is 11.3 Å². The summed E-state index contributed by atoms with van der Waals surface area (Å²) in [4.78, 5) is 1.48. The SMILES string of the molecule is CC1(Cc2ccc(Br)s2)CCC(Cl)C1. The van der Waals surface area contributed by atoms with Crippen LogP contribution >= 0.6 is 38.9 Å². The van der Waals surface area contributed by atoms with Gasteiger partial charge in [-0.3, -0.25) is 0 Å². The van der Waals surface area contributed by atoms with Crippen LogP contribution in [0.25, 0.3) is 0 Å². The van der Waals surface area contributed by atoms with E-state index in [4.69, 9.17) is 11.6 Å². The molecule has 2 unspecified atom stereocenters. The molecule has 2 atom stereocenters. The molecule has 1 aliphatic carbocycles. The maximum Gasteiger partial charge on any atom is 0.0701 e. The van der Waals surface area contributed by atoms with E-state index in [9.17, 15) is 0 Å².